The lowest BCUT2D eigenvalue weighted by atomic mass is 9.97. The summed E-state index contributed by atoms with van der Waals surface area (Å²) in [7, 11) is 0. The van der Waals surface area contributed by atoms with Gasteiger partial charge in [0.15, 0.2) is 0 Å². The highest BCUT2D eigenvalue weighted by Gasteiger charge is 2.20. The van der Waals surface area contributed by atoms with Crippen molar-refractivity contribution in [2.45, 2.75) is 38.5 Å². The molecule has 0 spiro atoms. The first kappa shape index (κ1) is 14.7. The van der Waals surface area contributed by atoms with E-state index in [9.17, 15) is 0 Å². The lowest BCUT2D eigenvalue weighted by Crippen LogP contribution is -1.98. The Labute approximate surface area is 134 Å². The summed E-state index contributed by atoms with van der Waals surface area (Å²) in [6.07, 6.45) is 7.39. The van der Waals surface area contributed by atoms with Crippen molar-refractivity contribution in [3.05, 3.63) is 33.9 Å². The highest BCUT2D eigenvalue weighted by Crippen LogP contribution is 2.36. The molecule has 0 amide bonds. The van der Waals surface area contributed by atoms with E-state index in [4.69, 9.17) is 33.5 Å². The lowest BCUT2D eigenvalue weighted by molar-refractivity contribution is 0.419. The van der Waals surface area contributed by atoms with E-state index in [0.29, 0.717) is 15.9 Å². The van der Waals surface area contributed by atoms with Gasteiger partial charge in [0.1, 0.15) is 0 Å². The van der Waals surface area contributed by atoms with Crippen LogP contribution in [0, 0.1) is 5.92 Å². The van der Waals surface area contributed by atoms with Gasteiger partial charge in [-0.1, -0.05) is 60.1 Å². The molecule has 1 aromatic carbocycles. The van der Waals surface area contributed by atoms with Crippen molar-refractivity contribution in [3.63, 3.8) is 0 Å². The summed E-state index contributed by atoms with van der Waals surface area (Å²) in [5.41, 5.74) is 8.61. The molecular weight excluding hydrogens is 307 g/mol. The summed E-state index contributed by atoms with van der Waals surface area (Å²) >= 11 is 12.1. The Morgan fingerprint density at radius 2 is 1.95 bits per heavy atom. The zero-order valence-electron chi connectivity index (χ0n) is 11.7. The number of hydrogen-bond acceptors (Lipinski definition) is 3. The number of anilines is 1. The molecule has 0 radical (unpaired) electrons. The molecule has 0 bridgehead atoms. The molecule has 0 aliphatic heterocycles. The van der Waals surface area contributed by atoms with Crippen LogP contribution in [0.25, 0.3) is 11.1 Å². The first-order chi connectivity index (χ1) is 10.1. The van der Waals surface area contributed by atoms with Crippen LogP contribution in [-0.2, 0) is 6.42 Å². The summed E-state index contributed by atoms with van der Waals surface area (Å²) < 4.78 is 5.19. The number of aryl methyl sites for hydroxylation is 1. The summed E-state index contributed by atoms with van der Waals surface area (Å²) in [6, 6.07) is 5.48. The predicted molar refractivity (Wildman–Crippen MR) is 86.7 cm³/mol. The second-order valence-corrected chi connectivity index (χ2v) is 6.50. The summed E-state index contributed by atoms with van der Waals surface area (Å²) in [6.45, 7) is 0. The third-order valence-electron chi connectivity index (χ3n) is 4.26. The van der Waals surface area contributed by atoms with Gasteiger partial charge in [0.2, 0.25) is 5.88 Å². The zero-order valence-corrected chi connectivity index (χ0v) is 13.3. The van der Waals surface area contributed by atoms with Crippen molar-refractivity contribution in [3.8, 4) is 11.1 Å². The molecule has 1 saturated carbocycles. The van der Waals surface area contributed by atoms with Crippen LogP contribution in [-0.4, -0.2) is 5.16 Å². The van der Waals surface area contributed by atoms with E-state index in [0.717, 1.165) is 35.6 Å². The highest BCUT2D eigenvalue weighted by molar-refractivity contribution is 6.42. The van der Waals surface area contributed by atoms with Crippen LogP contribution in [0.5, 0.6) is 0 Å². The fraction of sp³-hybridized carbons (Fsp3) is 0.438. The minimum Gasteiger partial charge on any atom is -0.367 e. The van der Waals surface area contributed by atoms with Gasteiger partial charge in [-0.05, 0) is 36.5 Å². The second-order valence-electron chi connectivity index (χ2n) is 5.69. The monoisotopic (exact) mass is 324 g/mol. The van der Waals surface area contributed by atoms with Crippen LogP contribution in [0.3, 0.4) is 0 Å². The Bertz CT molecular complexity index is 633. The number of nitrogen functional groups attached to an aromatic ring is 1. The third-order valence-corrected chi connectivity index (χ3v) is 5.00. The van der Waals surface area contributed by atoms with Crippen molar-refractivity contribution < 1.29 is 4.52 Å². The van der Waals surface area contributed by atoms with Crippen LogP contribution in [0.4, 0.5) is 5.88 Å². The Hall–Kier alpha value is -1.19. The van der Waals surface area contributed by atoms with Crippen LogP contribution in [0.1, 0.15) is 37.8 Å². The van der Waals surface area contributed by atoms with Crippen molar-refractivity contribution in [1.82, 2.24) is 5.16 Å². The van der Waals surface area contributed by atoms with Gasteiger partial charge in [-0.3, -0.25) is 0 Å². The molecule has 1 aliphatic carbocycles. The Kier molecular flexibility index (Phi) is 4.41. The maximum Gasteiger partial charge on any atom is 0.230 e. The number of hydrogen-bond donors (Lipinski definition) is 1. The van der Waals surface area contributed by atoms with Crippen LogP contribution in [0.2, 0.25) is 10.0 Å². The number of nitrogens with zero attached hydrogens (tertiary/aromatic N) is 1. The topological polar surface area (TPSA) is 52.0 Å². The average Bonchev–Trinajstić information content (AvgIpc) is 3.09. The van der Waals surface area contributed by atoms with Crippen LogP contribution in [0.15, 0.2) is 22.7 Å². The molecule has 0 atom stereocenters. The van der Waals surface area contributed by atoms with Crippen molar-refractivity contribution in [2.24, 2.45) is 5.92 Å². The molecular formula is C16H18Cl2N2O. The standard InChI is InChI=1S/C16H18Cl2N2O/c17-12-7-6-11(9-13(12)18)15-14(20-21-16(15)19)8-5-10-3-1-2-4-10/h6-7,9-10H,1-5,8,19H2. The molecule has 2 aromatic rings. The van der Waals surface area contributed by atoms with Crippen LogP contribution < -0.4 is 5.73 Å². The van der Waals surface area contributed by atoms with Gasteiger partial charge < -0.3 is 10.3 Å². The fourth-order valence-electron chi connectivity index (χ4n) is 3.11. The molecule has 21 heavy (non-hydrogen) atoms. The molecule has 0 saturated heterocycles. The highest BCUT2D eigenvalue weighted by atomic mass is 35.5. The molecule has 1 aliphatic rings. The SMILES string of the molecule is Nc1onc(CCC2CCCC2)c1-c1ccc(Cl)c(Cl)c1. The Morgan fingerprint density at radius 1 is 1.19 bits per heavy atom. The number of rotatable bonds is 4. The first-order valence-electron chi connectivity index (χ1n) is 7.34. The predicted octanol–water partition coefficient (Wildman–Crippen LogP) is 5.35. The third kappa shape index (κ3) is 3.19. The number of aromatic nitrogens is 1. The number of halogens is 2. The zero-order chi connectivity index (χ0) is 14.8. The summed E-state index contributed by atoms with van der Waals surface area (Å²) in [5, 5.41) is 5.17. The van der Waals surface area contributed by atoms with E-state index >= 15 is 0 Å². The van der Waals surface area contributed by atoms with Gasteiger partial charge in [-0.2, -0.15) is 0 Å². The van der Waals surface area contributed by atoms with E-state index in [1.54, 1.807) is 6.07 Å². The van der Waals surface area contributed by atoms with Gasteiger partial charge in [-0.25, -0.2) is 0 Å². The van der Waals surface area contributed by atoms with Crippen molar-refractivity contribution in [2.75, 3.05) is 5.73 Å². The maximum atomic E-state index is 6.09. The minimum absolute atomic E-state index is 0.342. The molecule has 5 heteroatoms. The molecule has 3 rings (SSSR count). The van der Waals surface area contributed by atoms with Crippen LogP contribution >= 0.6 is 23.2 Å². The van der Waals surface area contributed by atoms with E-state index in [-0.39, 0.29) is 0 Å². The molecule has 112 valence electrons. The van der Waals surface area contributed by atoms with E-state index in [1.165, 1.54) is 25.7 Å². The van der Waals surface area contributed by atoms with E-state index in [2.05, 4.69) is 5.16 Å². The minimum atomic E-state index is 0.342. The molecule has 2 N–H and O–H groups in total. The van der Waals surface area contributed by atoms with E-state index in [1.807, 2.05) is 12.1 Å². The fourth-order valence-corrected chi connectivity index (χ4v) is 3.41. The number of nitrogens with two attached hydrogens (primary N) is 1. The smallest absolute Gasteiger partial charge is 0.230 e. The van der Waals surface area contributed by atoms with Gasteiger partial charge in [0, 0.05) is 0 Å². The molecule has 1 fully saturated rings. The van der Waals surface area contributed by atoms with Gasteiger partial charge in [0.05, 0.1) is 21.3 Å². The molecule has 3 nitrogen and oxygen atoms in total. The van der Waals surface area contributed by atoms with E-state index < -0.39 is 0 Å². The normalized spacial score (nSPS) is 15.7. The Morgan fingerprint density at radius 3 is 2.67 bits per heavy atom. The second kappa shape index (κ2) is 6.29. The van der Waals surface area contributed by atoms with Gasteiger partial charge in [0.25, 0.3) is 0 Å². The summed E-state index contributed by atoms with van der Waals surface area (Å²) in [5.74, 6) is 1.15. The average molecular weight is 325 g/mol. The molecule has 1 aromatic heterocycles. The Balaban J connectivity index is 1.83. The number of benzene rings is 1. The quantitative estimate of drug-likeness (QED) is 0.824. The first-order valence-corrected chi connectivity index (χ1v) is 8.10. The lowest BCUT2D eigenvalue weighted by Gasteiger charge is -2.08. The molecule has 0 unspecified atom stereocenters. The summed E-state index contributed by atoms with van der Waals surface area (Å²) in [4.78, 5) is 0. The maximum absolute atomic E-state index is 6.09. The van der Waals surface area contributed by atoms with Crippen molar-refractivity contribution in [1.29, 1.82) is 0 Å². The largest absolute Gasteiger partial charge is 0.367 e. The molecule has 1 heterocycles. The van der Waals surface area contributed by atoms with Gasteiger partial charge in [-0.15, -0.1) is 0 Å². The van der Waals surface area contributed by atoms with Gasteiger partial charge >= 0.3 is 0 Å². The van der Waals surface area contributed by atoms with Crippen molar-refractivity contribution >= 4 is 29.1 Å².